The Kier molecular flexibility index (Phi) is 7.08. The molecule has 0 unspecified atom stereocenters. The van der Waals surface area contributed by atoms with Crippen LogP contribution in [0, 0.1) is 0 Å². The number of benzene rings is 1. The zero-order valence-corrected chi connectivity index (χ0v) is 15.1. The molecule has 0 spiro atoms. The molecule has 1 heterocycles. The van der Waals surface area contributed by atoms with E-state index in [0.717, 1.165) is 19.3 Å². The smallest absolute Gasteiger partial charge is 0.276 e. The number of hydrogen-bond donors (Lipinski definition) is 2. The molecule has 1 aromatic carbocycles. The number of hydrogen-bond acceptors (Lipinski definition) is 4. The van der Waals surface area contributed by atoms with E-state index in [9.17, 15) is 14.4 Å². The second kappa shape index (κ2) is 9.50. The summed E-state index contributed by atoms with van der Waals surface area (Å²) in [5, 5.41) is 9.62. The number of amides is 2. The number of nitrogens with zero attached hydrogens (tertiary/aromatic N) is 2. The molecule has 2 aromatic rings. The summed E-state index contributed by atoms with van der Waals surface area (Å²) < 4.78 is 1.29. The molecule has 1 aromatic heterocycles. The SMILES string of the molecule is CCCCn1nc(C(=O)Nc2ccccc2C(=O)NCCC)ccc1=O. The molecule has 2 N–H and O–H groups in total. The lowest BCUT2D eigenvalue weighted by atomic mass is 10.1. The molecular weight excluding hydrogens is 332 g/mol. The molecular formula is C19H24N4O3. The Labute approximate surface area is 152 Å². The van der Waals surface area contributed by atoms with Crippen LogP contribution in [0.3, 0.4) is 0 Å². The van der Waals surface area contributed by atoms with Gasteiger partial charge >= 0.3 is 0 Å². The number of aromatic nitrogens is 2. The highest BCUT2D eigenvalue weighted by atomic mass is 16.2. The van der Waals surface area contributed by atoms with Crippen LogP contribution in [0.15, 0.2) is 41.2 Å². The average molecular weight is 356 g/mol. The molecule has 0 aliphatic carbocycles. The van der Waals surface area contributed by atoms with Gasteiger partial charge in [0.1, 0.15) is 5.69 Å². The molecule has 0 aliphatic rings. The number of carbonyl (C=O) groups excluding carboxylic acids is 2. The van der Waals surface area contributed by atoms with Gasteiger partial charge in [0.15, 0.2) is 0 Å². The fourth-order valence-corrected chi connectivity index (χ4v) is 2.35. The van der Waals surface area contributed by atoms with E-state index in [2.05, 4.69) is 15.7 Å². The van der Waals surface area contributed by atoms with Gasteiger partial charge in [-0.25, -0.2) is 4.68 Å². The van der Waals surface area contributed by atoms with Crippen molar-refractivity contribution in [3.8, 4) is 0 Å². The maximum Gasteiger partial charge on any atom is 0.276 e. The van der Waals surface area contributed by atoms with Crippen molar-refractivity contribution in [2.24, 2.45) is 0 Å². The third kappa shape index (κ3) is 5.02. The first-order valence-corrected chi connectivity index (χ1v) is 8.83. The van der Waals surface area contributed by atoms with Crippen molar-refractivity contribution in [1.82, 2.24) is 15.1 Å². The molecule has 26 heavy (non-hydrogen) atoms. The van der Waals surface area contributed by atoms with E-state index in [4.69, 9.17) is 0 Å². The molecule has 2 amide bonds. The molecule has 0 aliphatic heterocycles. The first-order chi connectivity index (χ1) is 12.6. The lowest BCUT2D eigenvalue weighted by molar-refractivity contribution is 0.0954. The fraction of sp³-hybridized carbons (Fsp3) is 0.368. The van der Waals surface area contributed by atoms with Gasteiger partial charge in [0.2, 0.25) is 0 Å². The van der Waals surface area contributed by atoms with Crippen LogP contribution in [0.1, 0.15) is 54.0 Å². The van der Waals surface area contributed by atoms with Crippen molar-refractivity contribution >= 4 is 17.5 Å². The van der Waals surface area contributed by atoms with Crippen molar-refractivity contribution in [3.63, 3.8) is 0 Å². The summed E-state index contributed by atoms with van der Waals surface area (Å²) in [6, 6.07) is 9.50. The second-order valence-corrected chi connectivity index (χ2v) is 5.89. The molecule has 7 heteroatoms. The highest BCUT2D eigenvalue weighted by Gasteiger charge is 2.15. The van der Waals surface area contributed by atoms with Crippen LogP contribution in [-0.2, 0) is 6.54 Å². The molecule has 138 valence electrons. The number of rotatable bonds is 8. The fourth-order valence-electron chi connectivity index (χ4n) is 2.35. The normalized spacial score (nSPS) is 10.4. The summed E-state index contributed by atoms with van der Waals surface area (Å²) in [5.41, 5.74) is 0.673. The topological polar surface area (TPSA) is 93.1 Å². The zero-order valence-electron chi connectivity index (χ0n) is 15.1. The van der Waals surface area contributed by atoms with Gasteiger partial charge in [-0.15, -0.1) is 0 Å². The lowest BCUT2D eigenvalue weighted by Crippen LogP contribution is -2.28. The van der Waals surface area contributed by atoms with Crippen molar-refractivity contribution in [2.45, 2.75) is 39.7 Å². The maximum atomic E-state index is 12.5. The van der Waals surface area contributed by atoms with E-state index in [1.54, 1.807) is 24.3 Å². The van der Waals surface area contributed by atoms with Crippen molar-refractivity contribution in [1.29, 1.82) is 0 Å². The summed E-state index contributed by atoms with van der Waals surface area (Å²) in [7, 11) is 0. The number of carbonyl (C=O) groups is 2. The molecule has 0 saturated carbocycles. The summed E-state index contributed by atoms with van der Waals surface area (Å²) in [5.74, 6) is -0.713. The monoisotopic (exact) mass is 356 g/mol. The van der Waals surface area contributed by atoms with E-state index < -0.39 is 5.91 Å². The zero-order chi connectivity index (χ0) is 18.9. The van der Waals surface area contributed by atoms with E-state index in [-0.39, 0.29) is 17.2 Å². The van der Waals surface area contributed by atoms with E-state index in [1.165, 1.54) is 16.8 Å². The van der Waals surface area contributed by atoms with Gasteiger partial charge in [-0.3, -0.25) is 14.4 Å². The van der Waals surface area contributed by atoms with Gasteiger partial charge < -0.3 is 10.6 Å². The predicted octanol–water partition coefficient (Wildman–Crippen LogP) is 2.44. The Balaban J connectivity index is 2.20. The number of nitrogens with one attached hydrogen (secondary N) is 2. The van der Waals surface area contributed by atoms with Gasteiger partial charge in [0.25, 0.3) is 17.4 Å². The van der Waals surface area contributed by atoms with Crippen LogP contribution in [0.5, 0.6) is 0 Å². The van der Waals surface area contributed by atoms with Gasteiger partial charge in [-0.2, -0.15) is 5.10 Å². The van der Waals surface area contributed by atoms with Crippen molar-refractivity contribution in [3.05, 3.63) is 58.0 Å². The van der Waals surface area contributed by atoms with Crippen LogP contribution in [0.4, 0.5) is 5.69 Å². The van der Waals surface area contributed by atoms with E-state index >= 15 is 0 Å². The molecule has 0 bridgehead atoms. The van der Waals surface area contributed by atoms with Crippen LogP contribution >= 0.6 is 0 Å². The van der Waals surface area contributed by atoms with E-state index in [1.807, 2.05) is 13.8 Å². The van der Waals surface area contributed by atoms with Crippen molar-refractivity contribution < 1.29 is 9.59 Å². The summed E-state index contributed by atoms with van der Waals surface area (Å²) in [4.78, 5) is 36.6. The predicted molar refractivity (Wildman–Crippen MR) is 100 cm³/mol. The highest BCUT2D eigenvalue weighted by Crippen LogP contribution is 2.15. The molecule has 0 saturated heterocycles. The summed E-state index contributed by atoms with van der Waals surface area (Å²) in [6.45, 7) is 5.01. The highest BCUT2D eigenvalue weighted by molar-refractivity contribution is 6.08. The van der Waals surface area contributed by atoms with Crippen LogP contribution in [-0.4, -0.2) is 28.1 Å². The summed E-state index contributed by atoms with van der Waals surface area (Å²) >= 11 is 0. The molecule has 7 nitrogen and oxygen atoms in total. The van der Waals surface area contributed by atoms with Gasteiger partial charge in [0.05, 0.1) is 11.3 Å². The summed E-state index contributed by atoms with van der Waals surface area (Å²) in [6.07, 6.45) is 2.55. The van der Waals surface area contributed by atoms with Gasteiger partial charge in [-0.1, -0.05) is 32.4 Å². The minimum Gasteiger partial charge on any atom is -0.352 e. The third-order valence-electron chi connectivity index (χ3n) is 3.78. The standard InChI is InChI=1S/C19H24N4O3/c1-3-5-13-23-17(24)11-10-16(22-23)19(26)21-15-9-7-6-8-14(15)18(25)20-12-4-2/h6-11H,3-5,12-13H2,1-2H3,(H,20,25)(H,21,26). The Morgan fingerprint density at radius 1 is 1.04 bits per heavy atom. The quantitative estimate of drug-likeness (QED) is 0.760. The average Bonchev–Trinajstić information content (AvgIpc) is 2.65. The van der Waals surface area contributed by atoms with Gasteiger partial charge in [0, 0.05) is 19.2 Å². The second-order valence-electron chi connectivity index (χ2n) is 5.89. The minimum atomic E-state index is -0.467. The van der Waals surface area contributed by atoms with Crippen LogP contribution in [0.25, 0.3) is 0 Å². The maximum absolute atomic E-state index is 12.5. The van der Waals surface area contributed by atoms with E-state index in [0.29, 0.717) is 24.3 Å². The molecule has 0 atom stereocenters. The Hall–Kier alpha value is -2.96. The number of anilines is 1. The molecule has 2 rings (SSSR count). The largest absolute Gasteiger partial charge is 0.352 e. The number of unbranched alkanes of at least 4 members (excludes halogenated alkanes) is 1. The van der Waals surface area contributed by atoms with Gasteiger partial charge in [-0.05, 0) is 31.0 Å². The molecule has 0 fully saturated rings. The minimum absolute atomic E-state index is 0.129. The third-order valence-corrected chi connectivity index (χ3v) is 3.78. The Morgan fingerprint density at radius 2 is 1.81 bits per heavy atom. The molecule has 0 radical (unpaired) electrons. The first kappa shape index (κ1) is 19.4. The first-order valence-electron chi connectivity index (χ1n) is 8.83. The number of para-hydroxylation sites is 1. The van der Waals surface area contributed by atoms with Crippen LogP contribution < -0.4 is 16.2 Å². The Morgan fingerprint density at radius 3 is 2.54 bits per heavy atom. The Bertz CT molecular complexity index is 830. The lowest BCUT2D eigenvalue weighted by Gasteiger charge is -2.11. The number of aryl methyl sites for hydroxylation is 1. The van der Waals surface area contributed by atoms with Crippen molar-refractivity contribution in [2.75, 3.05) is 11.9 Å². The van der Waals surface area contributed by atoms with Crippen LogP contribution in [0.2, 0.25) is 0 Å².